The molecule has 0 spiro atoms. The van der Waals surface area contributed by atoms with Crippen molar-refractivity contribution in [1.29, 1.82) is 0 Å². The summed E-state index contributed by atoms with van der Waals surface area (Å²) in [5.74, 6) is 0. The lowest BCUT2D eigenvalue weighted by Gasteiger charge is -2.07. The third kappa shape index (κ3) is 3.30. The van der Waals surface area contributed by atoms with E-state index < -0.39 is 0 Å². The Balaban J connectivity index is 2.55. The lowest BCUT2D eigenvalue weighted by atomic mass is 10.0. The summed E-state index contributed by atoms with van der Waals surface area (Å²) in [6.45, 7) is 7.56. The summed E-state index contributed by atoms with van der Waals surface area (Å²) in [5.41, 5.74) is 4.11. The molecule has 1 aromatic carbocycles. The van der Waals surface area contributed by atoms with Crippen LogP contribution in [0, 0.1) is 0 Å². The molecule has 2 aromatic rings. The first kappa shape index (κ1) is 13.5. The molecule has 2 rings (SSSR count). The fraction of sp³-hybridized carbons (Fsp3) is 0. The number of halogens is 1. The van der Waals surface area contributed by atoms with Crippen LogP contribution < -0.4 is 0 Å². The highest BCUT2D eigenvalue weighted by atomic mass is 79.9. The SMILES string of the molecule is C=C/C=C(\C=C)c1cc(Br)nc(-c2ccccc2)c1. The Morgan fingerprint density at radius 2 is 1.84 bits per heavy atom. The predicted molar refractivity (Wildman–Crippen MR) is 85.7 cm³/mol. The molecule has 0 amide bonds. The van der Waals surface area contributed by atoms with Gasteiger partial charge >= 0.3 is 0 Å². The number of allylic oxidation sites excluding steroid dienone is 4. The first-order valence-electron chi connectivity index (χ1n) is 5.93. The van der Waals surface area contributed by atoms with Gasteiger partial charge in [-0.15, -0.1) is 0 Å². The van der Waals surface area contributed by atoms with E-state index >= 15 is 0 Å². The minimum Gasteiger partial charge on any atom is -0.241 e. The average molecular weight is 312 g/mol. The summed E-state index contributed by atoms with van der Waals surface area (Å²) in [6, 6.07) is 14.1. The maximum Gasteiger partial charge on any atom is 0.107 e. The molecule has 0 aliphatic rings. The van der Waals surface area contributed by atoms with Crippen LogP contribution >= 0.6 is 15.9 Å². The molecule has 0 aliphatic carbocycles. The van der Waals surface area contributed by atoms with E-state index in [1.807, 2.05) is 48.6 Å². The van der Waals surface area contributed by atoms with Crippen molar-refractivity contribution in [3.8, 4) is 11.3 Å². The molecule has 0 N–H and O–H groups in total. The van der Waals surface area contributed by atoms with E-state index in [1.54, 1.807) is 6.08 Å². The van der Waals surface area contributed by atoms with Crippen LogP contribution in [0.3, 0.4) is 0 Å². The molecule has 0 aliphatic heterocycles. The van der Waals surface area contributed by atoms with E-state index in [-0.39, 0.29) is 0 Å². The van der Waals surface area contributed by atoms with Gasteiger partial charge in [0.1, 0.15) is 4.60 Å². The predicted octanol–water partition coefficient (Wildman–Crippen LogP) is 5.27. The molecule has 0 bridgehead atoms. The Kier molecular flexibility index (Phi) is 4.48. The number of nitrogens with zero attached hydrogens (tertiary/aromatic N) is 1. The first-order valence-corrected chi connectivity index (χ1v) is 6.72. The third-order valence-electron chi connectivity index (χ3n) is 2.71. The van der Waals surface area contributed by atoms with Crippen molar-refractivity contribution in [3.63, 3.8) is 0 Å². The molecule has 2 heteroatoms. The molecular formula is C17H14BrN. The van der Waals surface area contributed by atoms with Crippen molar-refractivity contribution in [2.75, 3.05) is 0 Å². The first-order chi connectivity index (χ1) is 9.24. The monoisotopic (exact) mass is 311 g/mol. The van der Waals surface area contributed by atoms with E-state index in [0.29, 0.717) is 0 Å². The second-order valence-electron chi connectivity index (χ2n) is 3.99. The van der Waals surface area contributed by atoms with Gasteiger partial charge < -0.3 is 0 Å². The second kappa shape index (κ2) is 6.30. The number of benzene rings is 1. The number of hydrogen-bond acceptors (Lipinski definition) is 1. The zero-order chi connectivity index (χ0) is 13.7. The third-order valence-corrected chi connectivity index (χ3v) is 3.12. The molecular weight excluding hydrogens is 298 g/mol. The highest BCUT2D eigenvalue weighted by Crippen LogP contribution is 2.25. The van der Waals surface area contributed by atoms with Crippen LogP contribution in [0.1, 0.15) is 5.56 Å². The Morgan fingerprint density at radius 3 is 2.47 bits per heavy atom. The smallest absolute Gasteiger partial charge is 0.107 e. The zero-order valence-electron chi connectivity index (χ0n) is 10.5. The minimum absolute atomic E-state index is 0.806. The number of hydrogen-bond donors (Lipinski definition) is 0. The van der Waals surface area contributed by atoms with Crippen LogP contribution in [0.25, 0.3) is 16.8 Å². The Bertz CT molecular complexity index is 627. The maximum atomic E-state index is 4.51. The Labute approximate surface area is 122 Å². The van der Waals surface area contributed by atoms with Crippen LogP contribution in [0.4, 0.5) is 0 Å². The van der Waals surface area contributed by atoms with Gasteiger partial charge in [-0.1, -0.05) is 61.7 Å². The van der Waals surface area contributed by atoms with E-state index in [0.717, 1.165) is 27.0 Å². The standard InChI is InChI=1S/C17H14BrN/c1-3-8-13(4-2)15-11-16(19-17(18)12-15)14-9-6-5-7-10-14/h3-12H,1-2H2/b13-8+. The van der Waals surface area contributed by atoms with Gasteiger partial charge in [-0.2, -0.15) is 0 Å². The lowest BCUT2D eigenvalue weighted by Crippen LogP contribution is -1.89. The number of pyridine rings is 1. The summed E-state index contributed by atoms with van der Waals surface area (Å²) in [4.78, 5) is 4.51. The quantitative estimate of drug-likeness (QED) is 0.554. The van der Waals surface area contributed by atoms with E-state index in [1.165, 1.54) is 0 Å². The van der Waals surface area contributed by atoms with E-state index in [9.17, 15) is 0 Å². The zero-order valence-corrected chi connectivity index (χ0v) is 12.1. The van der Waals surface area contributed by atoms with Gasteiger partial charge in [0.15, 0.2) is 0 Å². The van der Waals surface area contributed by atoms with Gasteiger partial charge in [0.2, 0.25) is 0 Å². The van der Waals surface area contributed by atoms with Gasteiger partial charge in [0.05, 0.1) is 5.69 Å². The minimum atomic E-state index is 0.806. The Hall–Kier alpha value is -1.93. The van der Waals surface area contributed by atoms with Crippen LogP contribution in [0.5, 0.6) is 0 Å². The van der Waals surface area contributed by atoms with Crippen LogP contribution in [-0.4, -0.2) is 4.98 Å². The molecule has 1 nitrogen and oxygen atoms in total. The number of rotatable bonds is 4. The largest absolute Gasteiger partial charge is 0.241 e. The fourth-order valence-electron chi connectivity index (χ4n) is 1.83. The van der Waals surface area contributed by atoms with Gasteiger partial charge in [-0.05, 0) is 39.2 Å². The highest BCUT2D eigenvalue weighted by molar-refractivity contribution is 9.10. The summed E-state index contributed by atoms with van der Waals surface area (Å²) in [7, 11) is 0. The normalized spacial score (nSPS) is 11.1. The molecule has 19 heavy (non-hydrogen) atoms. The van der Waals surface area contributed by atoms with Gasteiger partial charge in [0, 0.05) is 5.56 Å². The molecule has 94 valence electrons. The second-order valence-corrected chi connectivity index (χ2v) is 4.80. The van der Waals surface area contributed by atoms with Gasteiger partial charge in [0.25, 0.3) is 0 Å². The molecule has 1 heterocycles. The van der Waals surface area contributed by atoms with Crippen LogP contribution in [0.15, 0.2) is 78.5 Å². The lowest BCUT2D eigenvalue weighted by molar-refractivity contribution is 1.27. The van der Waals surface area contributed by atoms with Crippen LogP contribution in [-0.2, 0) is 0 Å². The van der Waals surface area contributed by atoms with Crippen molar-refractivity contribution < 1.29 is 0 Å². The molecule has 0 atom stereocenters. The van der Waals surface area contributed by atoms with Crippen molar-refractivity contribution >= 4 is 21.5 Å². The summed E-state index contributed by atoms with van der Waals surface area (Å²) in [6.07, 6.45) is 5.51. The van der Waals surface area contributed by atoms with Gasteiger partial charge in [-0.25, -0.2) is 4.98 Å². The summed E-state index contributed by atoms with van der Waals surface area (Å²) in [5, 5.41) is 0. The topological polar surface area (TPSA) is 12.9 Å². The van der Waals surface area contributed by atoms with Crippen molar-refractivity contribution in [1.82, 2.24) is 4.98 Å². The van der Waals surface area contributed by atoms with Crippen LogP contribution in [0.2, 0.25) is 0 Å². The molecule has 0 fully saturated rings. The number of aromatic nitrogens is 1. The molecule has 1 aromatic heterocycles. The molecule has 0 radical (unpaired) electrons. The summed E-state index contributed by atoms with van der Waals surface area (Å²) >= 11 is 3.46. The highest BCUT2D eigenvalue weighted by Gasteiger charge is 2.05. The molecule has 0 saturated heterocycles. The van der Waals surface area contributed by atoms with Crippen molar-refractivity contribution in [2.24, 2.45) is 0 Å². The fourth-order valence-corrected chi connectivity index (χ4v) is 2.27. The Morgan fingerprint density at radius 1 is 1.11 bits per heavy atom. The van der Waals surface area contributed by atoms with E-state index in [2.05, 4.69) is 40.1 Å². The molecule has 0 saturated carbocycles. The van der Waals surface area contributed by atoms with Crippen molar-refractivity contribution in [2.45, 2.75) is 0 Å². The summed E-state index contributed by atoms with van der Waals surface area (Å²) < 4.78 is 0.806. The average Bonchev–Trinajstić information content (AvgIpc) is 2.45. The maximum absolute atomic E-state index is 4.51. The van der Waals surface area contributed by atoms with Crippen molar-refractivity contribution in [3.05, 3.63) is 84.0 Å². The molecule has 0 unspecified atom stereocenters. The van der Waals surface area contributed by atoms with Gasteiger partial charge in [-0.3, -0.25) is 0 Å². The van der Waals surface area contributed by atoms with E-state index in [4.69, 9.17) is 0 Å².